The Morgan fingerprint density at radius 3 is 2.13 bits per heavy atom. The van der Waals surface area contributed by atoms with E-state index >= 15 is 0 Å². The van der Waals surface area contributed by atoms with Crippen molar-refractivity contribution < 1.29 is 23.9 Å². The van der Waals surface area contributed by atoms with Gasteiger partial charge in [-0.25, -0.2) is 14.6 Å². The molecule has 1 aromatic rings. The summed E-state index contributed by atoms with van der Waals surface area (Å²) in [6.45, 7) is 14.8. The first kappa shape index (κ1) is 25.9. The molecule has 1 N–H and O–H groups in total. The highest BCUT2D eigenvalue weighted by atomic mass is 32.1. The molecule has 9 heteroatoms. The molecule has 1 heterocycles. The van der Waals surface area contributed by atoms with Gasteiger partial charge >= 0.3 is 18.0 Å². The predicted molar refractivity (Wildman–Crippen MR) is 116 cm³/mol. The zero-order valence-corrected chi connectivity index (χ0v) is 20.3. The highest BCUT2D eigenvalue weighted by Gasteiger charge is 2.31. The Bertz CT molecular complexity index is 747. The second-order valence-electron chi connectivity index (χ2n) is 9.51. The van der Waals surface area contributed by atoms with Gasteiger partial charge in [0.05, 0.1) is 23.7 Å². The number of thiazole rings is 1. The smallest absolute Gasteiger partial charge is 0.329 e. The average molecular weight is 442 g/mol. The van der Waals surface area contributed by atoms with Crippen LogP contribution in [-0.4, -0.2) is 52.1 Å². The summed E-state index contributed by atoms with van der Waals surface area (Å²) in [5.74, 6) is -0.971. The van der Waals surface area contributed by atoms with E-state index in [1.165, 1.54) is 4.90 Å². The summed E-state index contributed by atoms with van der Waals surface area (Å²) in [5.41, 5.74) is -0.689. The summed E-state index contributed by atoms with van der Waals surface area (Å²) < 4.78 is 10.7. The molecule has 0 aliphatic carbocycles. The van der Waals surface area contributed by atoms with E-state index in [4.69, 9.17) is 9.47 Å². The van der Waals surface area contributed by atoms with E-state index in [0.717, 1.165) is 10.7 Å². The maximum Gasteiger partial charge on any atom is 0.329 e. The third-order valence-corrected chi connectivity index (χ3v) is 4.78. The fourth-order valence-electron chi connectivity index (χ4n) is 2.35. The Morgan fingerprint density at radius 2 is 1.67 bits per heavy atom. The van der Waals surface area contributed by atoms with E-state index in [1.54, 1.807) is 59.9 Å². The van der Waals surface area contributed by atoms with Gasteiger partial charge in [0.25, 0.3) is 0 Å². The van der Waals surface area contributed by atoms with E-state index < -0.39 is 35.2 Å². The van der Waals surface area contributed by atoms with Gasteiger partial charge in [0.1, 0.15) is 17.2 Å². The number of hydrogen-bond acceptors (Lipinski definition) is 7. The Balaban J connectivity index is 2.85. The largest absolute Gasteiger partial charge is 0.460 e. The summed E-state index contributed by atoms with van der Waals surface area (Å²) in [6, 6.07) is -1.66. The van der Waals surface area contributed by atoms with Crippen LogP contribution in [0.2, 0.25) is 0 Å². The second kappa shape index (κ2) is 10.2. The van der Waals surface area contributed by atoms with Crippen LogP contribution in [-0.2, 0) is 25.6 Å². The molecule has 1 aromatic heterocycles. The fourth-order valence-corrected chi connectivity index (χ4v) is 3.18. The summed E-state index contributed by atoms with van der Waals surface area (Å²) in [7, 11) is 1.60. The highest BCUT2D eigenvalue weighted by Crippen LogP contribution is 2.20. The van der Waals surface area contributed by atoms with Crippen molar-refractivity contribution >= 4 is 29.3 Å². The van der Waals surface area contributed by atoms with Crippen molar-refractivity contribution in [2.45, 2.75) is 91.5 Å². The number of carbonyl (C=O) groups excluding carboxylic acids is 3. The molecule has 0 spiro atoms. The van der Waals surface area contributed by atoms with Gasteiger partial charge in [-0.3, -0.25) is 4.79 Å². The Labute approximate surface area is 183 Å². The van der Waals surface area contributed by atoms with E-state index in [9.17, 15) is 14.4 Å². The third kappa shape index (κ3) is 9.56. The van der Waals surface area contributed by atoms with Crippen molar-refractivity contribution in [1.82, 2.24) is 15.2 Å². The lowest BCUT2D eigenvalue weighted by atomic mass is 10.1. The zero-order chi connectivity index (χ0) is 23.3. The lowest BCUT2D eigenvalue weighted by Gasteiger charge is -2.27. The van der Waals surface area contributed by atoms with Gasteiger partial charge in [-0.1, -0.05) is 13.8 Å². The Morgan fingerprint density at radius 1 is 1.10 bits per heavy atom. The van der Waals surface area contributed by atoms with Gasteiger partial charge in [-0.2, -0.15) is 0 Å². The van der Waals surface area contributed by atoms with Gasteiger partial charge in [0.2, 0.25) is 0 Å². The lowest BCUT2D eigenvalue weighted by molar-refractivity contribution is -0.164. The number of urea groups is 1. The van der Waals surface area contributed by atoms with Crippen molar-refractivity contribution in [3.05, 3.63) is 16.1 Å². The molecule has 0 aliphatic rings. The maximum absolute atomic E-state index is 12.7. The van der Waals surface area contributed by atoms with Crippen molar-refractivity contribution in [2.75, 3.05) is 7.05 Å². The Kier molecular flexibility index (Phi) is 8.83. The van der Waals surface area contributed by atoms with Crippen molar-refractivity contribution in [1.29, 1.82) is 0 Å². The predicted octanol–water partition coefficient (Wildman–Crippen LogP) is 3.85. The van der Waals surface area contributed by atoms with Crippen LogP contribution in [0, 0.1) is 0 Å². The van der Waals surface area contributed by atoms with E-state index in [1.807, 2.05) is 5.38 Å². The molecule has 1 atom stereocenters. The maximum atomic E-state index is 12.7. The number of esters is 2. The number of carbonyl (C=O) groups is 3. The first-order valence-corrected chi connectivity index (χ1v) is 10.9. The van der Waals surface area contributed by atoms with Crippen molar-refractivity contribution in [3.63, 3.8) is 0 Å². The molecule has 0 aromatic carbocycles. The van der Waals surface area contributed by atoms with Gasteiger partial charge in [-0.05, 0) is 41.5 Å². The molecule has 0 saturated heterocycles. The number of hydrogen-bond donors (Lipinski definition) is 1. The summed E-state index contributed by atoms with van der Waals surface area (Å²) >= 11 is 1.55. The van der Waals surface area contributed by atoms with Crippen LogP contribution in [0.4, 0.5) is 4.79 Å². The normalized spacial score (nSPS) is 13.0. The molecule has 0 fully saturated rings. The van der Waals surface area contributed by atoms with Gasteiger partial charge < -0.3 is 19.7 Å². The SMILES string of the molecule is CC(C)c1nc(CN(C)C(=O)N[C@@H](CC(=O)OC(C)(C)C)C(=O)OC(C)(C)C)cs1. The molecular formula is C21H35N3O5S. The summed E-state index contributed by atoms with van der Waals surface area (Å²) in [6.07, 6.45) is -0.319. The summed E-state index contributed by atoms with van der Waals surface area (Å²) in [5, 5.41) is 5.50. The van der Waals surface area contributed by atoms with Crippen LogP contribution in [0.1, 0.15) is 78.4 Å². The average Bonchev–Trinajstić information content (AvgIpc) is 2.99. The number of amides is 2. The fraction of sp³-hybridized carbons (Fsp3) is 0.714. The van der Waals surface area contributed by atoms with Gasteiger partial charge in [0.15, 0.2) is 0 Å². The van der Waals surface area contributed by atoms with Gasteiger partial charge in [-0.15, -0.1) is 11.3 Å². The topological polar surface area (TPSA) is 97.8 Å². The first-order valence-electron chi connectivity index (χ1n) is 9.98. The number of rotatable bonds is 7. The molecule has 0 aliphatic heterocycles. The minimum absolute atomic E-state index is 0.280. The van der Waals surface area contributed by atoms with E-state index in [0.29, 0.717) is 5.92 Å². The van der Waals surface area contributed by atoms with Crippen LogP contribution in [0.5, 0.6) is 0 Å². The number of ether oxygens (including phenoxy) is 2. The lowest BCUT2D eigenvalue weighted by Crippen LogP contribution is -2.49. The molecular weight excluding hydrogens is 406 g/mol. The standard InChI is InChI=1S/C21H35N3O5S/c1-13(2)17-22-14(12-30-17)11-24(9)19(27)23-15(18(26)29-21(6,7)8)10-16(25)28-20(3,4)5/h12-13,15H,10-11H2,1-9H3,(H,23,27)/t15-/m0/s1. The summed E-state index contributed by atoms with van der Waals surface area (Å²) in [4.78, 5) is 43.4. The monoisotopic (exact) mass is 441 g/mol. The van der Waals surface area contributed by atoms with Crippen LogP contribution in [0.3, 0.4) is 0 Å². The van der Waals surface area contributed by atoms with Gasteiger partial charge in [0, 0.05) is 18.3 Å². The van der Waals surface area contributed by atoms with Crippen LogP contribution >= 0.6 is 11.3 Å². The molecule has 0 saturated carbocycles. The number of nitrogens with one attached hydrogen (secondary N) is 1. The van der Waals surface area contributed by atoms with Crippen molar-refractivity contribution in [3.8, 4) is 0 Å². The molecule has 2 amide bonds. The molecule has 30 heavy (non-hydrogen) atoms. The molecule has 0 bridgehead atoms. The first-order chi connectivity index (χ1) is 13.6. The Hall–Kier alpha value is -2.16. The van der Waals surface area contributed by atoms with Crippen LogP contribution in [0.15, 0.2) is 5.38 Å². The van der Waals surface area contributed by atoms with E-state index in [2.05, 4.69) is 24.1 Å². The molecule has 0 radical (unpaired) electrons. The molecule has 1 rings (SSSR count). The number of aromatic nitrogens is 1. The minimum atomic E-state index is -1.16. The quantitative estimate of drug-likeness (QED) is 0.646. The van der Waals surface area contributed by atoms with Crippen molar-refractivity contribution in [2.24, 2.45) is 0 Å². The second-order valence-corrected chi connectivity index (χ2v) is 10.4. The third-order valence-electron chi connectivity index (χ3n) is 3.59. The van der Waals surface area contributed by atoms with Crippen LogP contribution < -0.4 is 5.32 Å². The number of nitrogens with zero attached hydrogens (tertiary/aromatic N) is 2. The molecule has 0 unspecified atom stereocenters. The highest BCUT2D eigenvalue weighted by molar-refractivity contribution is 7.09. The molecule has 8 nitrogen and oxygen atoms in total. The minimum Gasteiger partial charge on any atom is -0.460 e. The molecule has 170 valence electrons. The van der Waals surface area contributed by atoms with E-state index in [-0.39, 0.29) is 13.0 Å². The zero-order valence-electron chi connectivity index (χ0n) is 19.5. The van der Waals surface area contributed by atoms with Crippen LogP contribution in [0.25, 0.3) is 0 Å².